The number of aromatic nitrogens is 1. The molecule has 2 aromatic rings. The van der Waals surface area contributed by atoms with Crippen molar-refractivity contribution in [3.05, 3.63) is 34.0 Å². The Labute approximate surface area is 166 Å². The molecular weight excluding hydrogens is 360 g/mol. The van der Waals surface area contributed by atoms with Gasteiger partial charge in [0.15, 0.2) is 0 Å². The van der Waals surface area contributed by atoms with E-state index in [1.165, 1.54) is 22.2 Å². The molecule has 4 rings (SSSR count). The fourth-order valence-corrected chi connectivity index (χ4v) is 5.35. The zero-order valence-corrected chi connectivity index (χ0v) is 17.4. The normalized spacial score (nSPS) is 24.7. The van der Waals surface area contributed by atoms with E-state index in [1.54, 1.807) is 0 Å². The zero-order chi connectivity index (χ0) is 19.3. The van der Waals surface area contributed by atoms with Crippen LogP contribution in [0.4, 0.5) is 4.79 Å². The lowest BCUT2D eigenvalue weighted by atomic mass is 9.73. The summed E-state index contributed by atoms with van der Waals surface area (Å²) in [5, 5.41) is 5.39. The van der Waals surface area contributed by atoms with Crippen molar-refractivity contribution < 1.29 is 4.79 Å². The van der Waals surface area contributed by atoms with E-state index >= 15 is 0 Å². The van der Waals surface area contributed by atoms with Crippen molar-refractivity contribution in [1.29, 1.82) is 0 Å². The van der Waals surface area contributed by atoms with Crippen molar-refractivity contribution in [3.8, 4) is 0 Å². The van der Waals surface area contributed by atoms with Crippen LogP contribution in [-0.2, 0) is 6.42 Å². The molecule has 1 aromatic heterocycles. The Morgan fingerprint density at radius 3 is 2.81 bits per heavy atom. The first kappa shape index (κ1) is 18.6. The topological polar surface area (TPSA) is 51.4 Å². The average Bonchev–Trinajstić information content (AvgIpc) is 2.93. The molecular formula is C21H29ClN4O. The number of fused-ring (bicyclic) bond motifs is 2. The third-order valence-electron chi connectivity index (χ3n) is 6.48. The number of benzene rings is 1. The monoisotopic (exact) mass is 388 g/mol. The molecule has 2 aliphatic rings. The number of nitrogens with zero attached hydrogens (tertiary/aromatic N) is 2. The van der Waals surface area contributed by atoms with E-state index in [9.17, 15) is 4.79 Å². The summed E-state index contributed by atoms with van der Waals surface area (Å²) in [4.78, 5) is 20.3. The number of amides is 2. The molecule has 0 unspecified atom stereocenters. The largest absolute Gasteiger partial charge is 0.358 e. The van der Waals surface area contributed by atoms with Gasteiger partial charge in [-0.05, 0) is 63.9 Å². The molecule has 27 heavy (non-hydrogen) atoms. The second-order valence-corrected chi connectivity index (χ2v) is 8.45. The van der Waals surface area contributed by atoms with Crippen LogP contribution in [0.2, 0.25) is 5.02 Å². The summed E-state index contributed by atoms with van der Waals surface area (Å²) in [5.41, 5.74) is 5.15. The molecule has 0 radical (unpaired) electrons. The van der Waals surface area contributed by atoms with Crippen LogP contribution in [0.5, 0.6) is 0 Å². The minimum Gasteiger partial charge on any atom is -0.358 e. The van der Waals surface area contributed by atoms with Crippen molar-refractivity contribution in [1.82, 2.24) is 20.1 Å². The van der Waals surface area contributed by atoms with Crippen molar-refractivity contribution in [3.63, 3.8) is 0 Å². The predicted octanol–water partition coefficient (Wildman–Crippen LogP) is 3.89. The number of halogens is 1. The number of nitrogens with one attached hydrogen (secondary N) is 2. The third-order valence-corrected chi connectivity index (χ3v) is 6.70. The molecule has 146 valence electrons. The third kappa shape index (κ3) is 3.11. The van der Waals surface area contributed by atoms with Crippen molar-refractivity contribution in [2.75, 3.05) is 26.7 Å². The summed E-state index contributed by atoms with van der Waals surface area (Å²) >= 11 is 6.45. The number of rotatable bonds is 3. The summed E-state index contributed by atoms with van der Waals surface area (Å²) in [5.74, 6) is 0.384. The minimum atomic E-state index is 0.0436. The van der Waals surface area contributed by atoms with Gasteiger partial charge in [-0.25, -0.2) is 4.79 Å². The Kier molecular flexibility index (Phi) is 4.85. The maximum Gasteiger partial charge on any atom is 0.317 e. The van der Waals surface area contributed by atoms with Crippen LogP contribution in [0.25, 0.3) is 10.9 Å². The van der Waals surface area contributed by atoms with Gasteiger partial charge >= 0.3 is 6.03 Å². The maximum atomic E-state index is 12.6. The lowest BCUT2D eigenvalue weighted by molar-refractivity contribution is 0.124. The first-order chi connectivity index (χ1) is 12.9. The van der Waals surface area contributed by atoms with Crippen LogP contribution in [0, 0.1) is 6.92 Å². The Morgan fingerprint density at radius 2 is 2.11 bits per heavy atom. The molecule has 0 spiro atoms. The van der Waals surface area contributed by atoms with Gasteiger partial charge in [0.2, 0.25) is 0 Å². The number of carbonyl (C=O) groups is 1. The van der Waals surface area contributed by atoms with Gasteiger partial charge in [0.25, 0.3) is 0 Å². The van der Waals surface area contributed by atoms with E-state index in [4.69, 9.17) is 11.6 Å². The quantitative estimate of drug-likeness (QED) is 0.837. The van der Waals surface area contributed by atoms with E-state index in [0.29, 0.717) is 12.0 Å². The van der Waals surface area contributed by atoms with E-state index in [1.807, 2.05) is 24.8 Å². The number of urea groups is 1. The number of H-pyrrole nitrogens is 1. The predicted molar refractivity (Wildman–Crippen MR) is 111 cm³/mol. The standard InChI is InChI=1S/C21H29ClN4O/c1-5-26(6-2)21(27)24-14-9-16-17-7-13(22)8-18-20(17)15(12(3)23-18)10-19(16)25(4)11-14/h7-8,14,16,19,23H,5-6,9-11H2,1-4H3,(H,24,27)/t14-,16+,19+/m0/s1. The highest BCUT2D eigenvalue weighted by atomic mass is 35.5. The van der Waals surface area contributed by atoms with E-state index in [-0.39, 0.29) is 12.1 Å². The van der Waals surface area contributed by atoms with Gasteiger partial charge < -0.3 is 20.1 Å². The molecule has 2 amide bonds. The number of aryl methyl sites for hydroxylation is 1. The Balaban J connectivity index is 1.66. The maximum absolute atomic E-state index is 12.6. The van der Waals surface area contributed by atoms with Gasteiger partial charge in [-0.2, -0.15) is 0 Å². The molecule has 0 saturated carbocycles. The molecule has 2 N–H and O–H groups in total. The Morgan fingerprint density at radius 1 is 1.37 bits per heavy atom. The molecule has 2 heterocycles. The summed E-state index contributed by atoms with van der Waals surface area (Å²) in [6.45, 7) is 8.55. The highest BCUT2D eigenvalue weighted by Crippen LogP contribution is 2.45. The van der Waals surface area contributed by atoms with Crippen molar-refractivity contribution >= 4 is 28.5 Å². The first-order valence-corrected chi connectivity index (χ1v) is 10.4. The fraction of sp³-hybridized carbons (Fsp3) is 0.571. The van der Waals surface area contributed by atoms with Crippen LogP contribution in [-0.4, -0.2) is 59.6 Å². The van der Waals surface area contributed by atoms with Gasteiger partial charge in [-0.1, -0.05) is 11.6 Å². The van der Waals surface area contributed by atoms with E-state index in [0.717, 1.165) is 43.0 Å². The molecule has 5 nitrogen and oxygen atoms in total. The van der Waals surface area contributed by atoms with E-state index in [2.05, 4.69) is 35.2 Å². The van der Waals surface area contributed by atoms with E-state index < -0.39 is 0 Å². The summed E-state index contributed by atoms with van der Waals surface area (Å²) in [6, 6.07) is 4.82. The van der Waals surface area contributed by atoms with Crippen LogP contribution in [0.1, 0.15) is 43.0 Å². The van der Waals surface area contributed by atoms with Gasteiger partial charge in [0, 0.05) is 59.3 Å². The average molecular weight is 389 g/mol. The lowest BCUT2D eigenvalue weighted by Gasteiger charge is -2.46. The summed E-state index contributed by atoms with van der Waals surface area (Å²) in [7, 11) is 2.18. The summed E-state index contributed by atoms with van der Waals surface area (Å²) in [6.07, 6.45) is 2.01. The molecule has 1 aliphatic carbocycles. The molecule has 3 atom stereocenters. The SMILES string of the molecule is CCN(CC)C(=O)N[C@H]1C[C@@H]2c3cc(Cl)cc4[nH]c(C)c(c34)C[C@H]2N(C)C1. The van der Waals surface area contributed by atoms with Crippen LogP contribution in [0.3, 0.4) is 0 Å². The van der Waals surface area contributed by atoms with Gasteiger partial charge in [-0.3, -0.25) is 0 Å². The first-order valence-electron chi connectivity index (χ1n) is 9.99. The summed E-state index contributed by atoms with van der Waals surface area (Å²) < 4.78 is 0. The van der Waals surface area contributed by atoms with Gasteiger partial charge in [-0.15, -0.1) is 0 Å². The molecule has 0 bridgehead atoms. The molecule has 1 aromatic carbocycles. The number of hydrogen-bond acceptors (Lipinski definition) is 2. The molecule has 1 saturated heterocycles. The number of aromatic amines is 1. The van der Waals surface area contributed by atoms with Crippen LogP contribution < -0.4 is 5.32 Å². The van der Waals surface area contributed by atoms with Crippen LogP contribution >= 0.6 is 11.6 Å². The molecule has 1 aliphatic heterocycles. The highest BCUT2D eigenvalue weighted by Gasteiger charge is 2.40. The number of hydrogen-bond donors (Lipinski definition) is 2. The lowest BCUT2D eigenvalue weighted by Crippen LogP contribution is -2.56. The number of carbonyl (C=O) groups excluding carboxylic acids is 1. The van der Waals surface area contributed by atoms with Gasteiger partial charge in [0.05, 0.1) is 0 Å². The fourth-order valence-electron chi connectivity index (χ4n) is 5.13. The molecule has 6 heteroatoms. The molecule has 1 fully saturated rings. The second kappa shape index (κ2) is 7.02. The van der Waals surface area contributed by atoms with Crippen molar-refractivity contribution in [2.45, 2.75) is 51.6 Å². The minimum absolute atomic E-state index is 0.0436. The zero-order valence-electron chi connectivity index (χ0n) is 16.6. The number of likely N-dealkylation sites (tertiary alicyclic amines) is 1. The second-order valence-electron chi connectivity index (χ2n) is 8.02. The highest BCUT2D eigenvalue weighted by molar-refractivity contribution is 6.31. The number of likely N-dealkylation sites (N-methyl/N-ethyl adjacent to an activating group) is 1. The Hall–Kier alpha value is -1.72. The van der Waals surface area contributed by atoms with Gasteiger partial charge in [0.1, 0.15) is 0 Å². The Bertz CT molecular complexity index is 873. The van der Waals surface area contributed by atoms with Crippen LogP contribution in [0.15, 0.2) is 12.1 Å². The van der Waals surface area contributed by atoms with Crippen molar-refractivity contribution in [2.24, 2.45) is 0 Å². The number of piperidine rings is 1. The smallest absolute Gasteiger partial charge is 0.317 e.